The molecular formula is C28H31N5O5. The Morgan fingerprint density at radius 1 is 0.947 bits per heavy atom. The summed E-state index contributed by atoms with van der Waals surface area (Å²) in [7, 11) is 3.51. The van der Waals surface area contributed by atoms with Gasteiger partial charge in [0, 0.05) is 51.2 Å². The maximum atomic E-state index is 12.2. The van der Waals surface area contributed by atoms with Gasteiger partial charge in [-0.1, -0.05) is 36.4 Å². The normalized spacial score (nSPS) is 13.8. The van der Waals surface area contributed by atoms with Crippen molar-refractivity contribution in [1.82, 2.24) is 19.3 Å². The van der Waals surface area contributed by atoms with Crippen molar-refractivity contribution < 1.29 is 24.6 Å². The smallest absolute Gasteiger partial charge is 0.290 e. The van der Waals surface area contributed by atoms with Gasteiger partial charge in [-0.05, 0) is 42.7 Å². The van der Waals surface area contributed by atoms with Crippen LogP contribution in [0.3, 0.4) is 0 Å². The van der Waals surface area contributed by atoms with E-state index < -0.39 is 0 Å². The fourth-order valence-corrected chi connectivity index (χ4v) is 4.69. The van der Waals surface area contributed by atoms with Crippen LogP contribution in [0.4, 0.5) is 5.82 Å². The van der Waals surface area contributed by atoms with Crippen LogP contribution in [0.1, 0.15) is 34.5 Å². The van der Waals surface area contributed by atoms with Crippen LogP contribution in [0, 0.1) is 0 Å². The first-order valence-electron chi connectivity index (χ1n) is 12.0. The first kappa shape index (κ1) is 27.9. The number of piperidine rings is 1. The predicted molar refractivity (Wildman–Crippen MR) is 144 cm³/mol. The minimum absolute atomic E-state index is 0.0300. The van der Waals surface area contributed by atoms with Crippen LogP contribution in [-0.4, -0.2) is 75.5 Å². The van der Waals surface area contributed by atoms with E-state index in [0.29, 0.717) is 5.56 Å². The molecule has 1 aliphatic heterocycles. The summed E-state index contributed by atoms with van der Waals surface area (Å²) in [6.45, 7) is 1.24. The largest absolute Gasteiger partial charge is 0.483 e. The van der Waals surface area contributed by atoms with Crippen molar-refractivity contribution >= 4 is 30.3 Å². The highest BCUT2D eigenvalue weighted by atomic mass is 16.3. The van der Waals surface area contributed by atoms with E-state index in [1.165, 1.54) is 5.56 Å². The van der Waals surface area contributed by atoms with E-state index in [4.69, 9.17) is 24.8 Å². The monoisotopic (exact) mass is 517 g/mol. The van der Waals surface area contributed by atoms with Crippen LogP contribution < -0.4 is 4.90 Å². The molecule has 1 aliphatic rings. The van der Waals surface area contributed by atoms with Crippen molar-refractivity contribution in [3.63, 3.8) is 0 Å². The second-order valence-corrected chi connectivity index (χ2v) is 8.84. The molecule has 0 atom stereocenters. The molecular weight excluding hydrogens is 486 g/mol. The summed E-state index contributed by atoms with van der Waals surface area (Å²) in [5.41, 5.74) is 3.88. The third kappa shape index (κ3) is 6.15. The molecule has 1 saturated heterocycles. The van der Waals surface area contributed by atoms with Crippen molar-refractivity contribution in [3.8, 4) is 0 Å². The van der Waals surface area contributed by atoms with Crippen molar-refractivity contribution in [1.29, 1.82) is 0 Å². The Morgan fingerprint density at radius 2 is 1.58 bits per heavy atom. The van der Waals surface area contributed by atoms with Gasteiger partial charge in [-0.3, -0.25) is 14.4 Å². The van der Waals surface area contributed by atoms with Crippen LogP contribution in [0.2, 0.25) is 0 Å². The Balaban J connectivity index is 0.000000611. The number of anilines is 1. The Bertz CT molecular complexity index is 1290. The lowest BCUT2D eigenvalue weighted by molar-refractivity contribution is -0.123. The van der Waals surface area contributed by atoms with E-state index in [0.717, 1.165) is 43.1 Å². The molecule has 10 heteroatoms. The molecule has 2 N–H and O–H groups in total. The zero-order valence-corrected chi connectivity index (χ0v) is 21.3. The molecule has 4 aromatic rings. The minimum atomic E-state index is -0.250. The molecule has 0 unspecified atom stereocenters. The number of aromatic nitrogens is 3. The van der Waals surface area contributed by atoms with Gasteiger partial charge in [0.25, 0.3) is 18.9 Å². The molecule has 198 valence electrons. The quantitative estimate of drug-likeness (QED) is 0.394. The van der Waals surface area contributed by atoms with Gasteiger partial charge in [-0.2, -0.15) is 0 Å². The molecule has 1 amide bonds. The Morgan fingerprint density at radius 3 is 2.13 bits per heavy atom. The summed E-state index contributed by atoms with van der Waals surface area (Å²) >= 11 is 0. The van der Waals surface area contributed by atoms with Gasteiger partial charge in [0.1, 0.15) is 11.5 Å². The first-order chi connectivity index (χ1) is 18.4. The number of benzene rings is 1. The van der Waals surface area contributed by atoms with Crippen LogP contribution in [0.5, 0.6) is 0 Å². The molecule has 0 bridgehead atoms. The standard InChI is InChI=1S/C26H27N5O.2CH2O2/c1-29(2)25(32)20-11-12-23(27-18-20)30-16-13-26(14-17-30,21-8-4-3-5-9-21)22-19-31-15-7-6-10-24(31)28-22;2*2-1-3/h3-12,15,18-19H,13-14,16-17H2,1-2H3;2*1H,(H,2,3). The second kappa shape index (κ2) is 13.0. The molecule has 0 saturated carbocycles. The number of imidazole rings is 1. The summed E-state index contributed by atoms with van der Waals surface area (Å²) in [4.78, 5) is 42.4. The number of nitrogens with zero attached hydrogens (tertiary/aromatic N) is 5. The van der Waals surface area contributed by atoms with Crippen molar-refractivity contribution in [2.24, 2.45) is 0 Å². The highest BCUT2D eigenvalue weighted by Gasteiger charge is 2.40. The first-order valence-corrected chi connectivity index (χ1v) is 12.0. The maximum absolute atomic E-state index is 12.2. The number of hydrogen-bond donors (Lipinski definition) is 2. The Kier molecular flexibility index (Phi) is 9.53. The van der Waals surface area contributed by atoms with E-state index in [-0.39, 0.29) is 24.3 Å². The van der Waals surface area contributed by atoms with Crippen molar-refractivity contribution in [2.75, 3.05) is 32.1 Å². The average molecular weight is 518 g/mol. The van der Waals surface area contributed by atoms with E-state index in [2.05, 4.69) is 63.1 Å². The minimum Gasteiger partial charge on any atom is -0.483 e. The summed E-state index contributed by atoms with van der Waals surface area (Å²) in [5, 5.41) is 13.8. The highest BCUT2D eigenvalue weighted by Crippen LogP contribution is 2.42. The predicted octanol–water partition coefficient (Wildman–Crippen LogP) is 3.42. The number of amides is 1. The third-order valence-electron chi connectivity index (χ3n) is 6.52. The van der Waals surface area contributed by atoms with E-state index in [1.807, 2.05) is 24.3 Å². The van der Waals surface area contributed by atoms with Crippen molar-refractivity contribution in [3.05, 3.63) is 96.1 Å². The average Bonchev–Trinajstić information content (AvgIpc) is 3.39. The van der Waals surface area contributed by atoms with Gasteiger partial charge in [-0.15, -0.1) is 0 Å². The van der Waals surface area contributed by atoms with E-state index in [1.54, 1.807) is 25.2 Å². The van der Waals surface area contributed by atoms with E-state index >= 15 is 0 Å². The molecule has 1 aromatic carbocycles. The number of hydrogen-bond acceptors (Lipinski definition) is 6. The number of rotatable bonds is 4. The summed E-state index contributed by atoms with van der Waals surface area (Å²) < 4.78 is 2.11. The molecule has 0 spiro atoms. The Labute approximate surface area is 220 Å². The molecule has 1 fully saturated rings. The summed E-state index contributed by atoms with van der Waals surface area (Å²) in [6.07, 6.45) is 7.80. The molecule has 0 radical (unpaired) electrons. The van der Waals surface area contributed by atoms with Crippen molar-refractivity contribution in [2.45, 2.75) is 18.3 Å². The van der Waals surface area contributed by atoms with Gasteiger partial charge in [0.05, 0.1) is 11.3 Å². The van der Waals surface area contributed by atoms with Crippen LogP contribution in [0.15, 0.2) is 79.3 Å². The van der Waals surface area contributed by atoms with Crippen LogP contribution in [-0.2, 0) is 15.0 Å². The third-order valence-corrected chi connectivity index (χ3v) is 6.52. The van der Waals surface area contributed by atoms with Gasteiger partial charge >= 0.3 is 0 Å². The second-order valence-electron chi connectivity index (χ2n) is 8.84. The zero-order valence-electron chi connectivity index (χ0n) is 21.3. The topological polar surface area (TPSA) is 128 Å². The number of carboxylic acid groups (broad SMARTS) is 2. The Hall–Kier alpha value is -4.73. The van der Waals surface area contributed by atoms with Crippen LogP contribution >= 0.6 is 0 Å². The molecule has 0 aliphatic carbocycles. The fourth-order valence-electron chi connectivity index (χ4n) is 4.69. The number of fused-ring (bicyclic) bond motifs is 1. The zero-order chi connectivity index (χ0) is 27.5. The molecule has 3 aromatic heterocycles. The number of carbonyl (C=O) groups excluding carboxylic acids is 1. The molecule has 10 nitrogen and oxygen atoms in total. The number of carbonyl (C=O) groups is 3. The SMILES string of the molecule is CN(C)C(=O)c1ccc(N2CCC(c3ccccc3)(c3cn4ccccc4n3)CC2)nc1.O=CO.O=CO. The molecule has 5 rings (SSSR count). The van der Waals surface area contributed by atoms with Gasteiger partial charge < -0.3 is 24.4 Å². The molecule has 38 heavy (non-hydrogen) atoms. The lowest BCUT2D eigenvalue weighted by Gasteiger charge is -2.42. The van der Waals surface area contributed by atoms with E-state index in [9.17, 15) is 4.79 Å². The fraction of sp³-hybridized carbons (Fsp3) is 0.250. The van der Waals surface area contributed by atoms with Gasteiger partial charge in [0.15, 0.2) is 0 Å². The van der Waals surface area contributed by atoms with Gasteiger partial charge in [-0.25, -0.2) is 9.97 Å². The molecule has 4 heterocycles. The summed E-state index contributed by atoms with van der Waals surface area (Å²) in [5.74, 6) is 0.884. The van der Waals surface area contributed by atoms with Gasteiger partial charge in [0.2, 0.25) is 0 Å². The lowest BCUT2D eigenvalue weighted by atomic mass is 9.70. The summed E-state index contributed by atoms with van der Waals surface area (Å²) in [6, 6.07) is 20.7. The lowest BCUT2D eigenvalue weighted by Crippen LogP contribution is -2.44. The number of pyridine rings is 2. The van der Waals surface area contributed by atoms with Crippen LogP contribution in [0.25, 0.3) is 5.65 Å². The maximum Gasteiger partial charge on any atom is 0.290 e. The highest BCUT2D eigenvalue weighted by molar-refractivity contribution is 5.93.